The zero-order valence-corrected chi connectivity index (χ0v) is 12.1. The minimum atomic E-state index is -0.228. The van der Waals surface area contributed by atoms with Crippen LogP contribution in [0, 0.1) is 0 Å². The van der Waals surface area contributed by atoms with Gasteiger partial charge in [0.1, 0.15) is 0 Å². The van der Waals surface area contributed by atoms with Crippen molar-refractivity contribution in [2.75, 3.05) is 6.61 Å². The quantitative estimate of drug-likeness (QED) is 0.617. The molecule has 3 rings (SSSR count). The van der Waals surface area contributed by atoms with Crippen molar-refractivity contribution >= 4 is 11.8 Å². The highest BCUT2D eigenvalue weighted by atomic mass is 16.5. The predicted molar refractivity (Wildman–Crippen MR) is 78.4 cm³/mol. The first-order valence-corrected chi connectivity index (χ1v) is 7.48. The lowest BCUT2D eigenvalue weighted by Gasteiger charge is -2.23. The number of carbonyl (C=O) groups excluding carboxylic acids is 2. The molecular formula is C17H19NO3. The van der Waals surface area contributed by atoms with Gasteiger partial charge in [-0.3, -0.25) is 14.5 Å². The van der Waals surface area contributed by atoms with Crippen molar-refractivity contribution in [3.05, 3.63) is 47.5 Å². The van der Waals surface area contributed by atoms with Gasteiger partial charge in [-0.15, -0.1) is 0 Å². The van der Waals surface area contributed by atoms with Crippen LogP contribution in [0.4, 0.5) is 0 Å². The normalized spacial score (nSPS) is 24.0. The number of ether oxygens (including phenoxy) is 1. The van der Waals surface area contributed by atoms with Crippen molar-refractivity contribution in [1.82, 2.24) is 4.90 Å². The molecule has 1 aromatic rings. The van der Waals surface area contributed by atoms with Crippen molar-refractivity contribution in [3.63, 3.8) is 0 Å². The number of nitrogens with zero attached hydrogens (tertiary/aromatic N) is 1. The van der Waals surface area contributed by atoms with E-state index in [9.17, 15) is 9.59 Å². The first kappa shape index (κ1) is 14.0. The third-order valence-electron chi connectivity index (χ3n) is 4.11. The summed E-state index contributed by atoms with van der Waals surface area (Å²) < 4.78 is 5.96. The van der Waals surface area contributed by atoms with Gasteiger partial charge < -0.3 is 4.74 Å². The molecule has 21 heavy (non-hydrogen) atoms. The standard InChI is InChI=1S/C17H19NO3/c1-2-3-10-21-15-11-14(12-6-4-5-7-13(12)15)18-16(19)8-9-17(18)20/h4-9,14-15H,2-3,10-11H2,1H3/t14-,15-/m0/s1. The summed E-state index contributed by atoms with van der Waals surface area (Å²) in [5.41, 5.74) is 2.13. The van der Waals surface area contributed by atoms with E-state index in [0.717, 1.165) is 24.0 Å². The van der Waals surface area contributed by atoms with E-state index in [-0.39, 0.29) is 24.0 Å². The first-order valence-electron chi connectivity index (χ1n) is 7.48. The first-order chi connectivity index (χ1) is 10.2. The van der Waals surface area contributed by atoms with Gasteiger partial charge >= 0.3 is 0 Å². The molecule has 110 valence electrons. The van der Waals surface area contributed by atoms with Gasteiger partial charge in [0.2, 0.25) is 0 Å². The zero-order chi connectivity index (χ0) is 14.8. The number of hydrogen-bond donors (Lipinski definition) is 0. The molecule has 1 aliphatic carbocycles. The third kappa shape index (κ3) is 2.51. The van der Waals surface area contributed by atoms with E-state index in [2.05, 4.69) is 6.92 Å². The van der Waals surface area contributed by atoms with Crippen molar-refractivity contribution in [1.29, 1.82) is 0 Å². The highest BCUT2D eigenvalue weighted by molar-refractivity contribution is 6.13. The fourth-order valence-electron chi connectivity index (χ4n) is 3.06. The lowest BCUT2D eigenvalue weighted by molar-refractivity contribution is -0.140. The molecule has 2 atom stereocenters. The number of hydrogen-bond acceptors (Lipinski definition) is 3. The topological polar surface area (TPSA) is 46.6 Å². The predicted octanol–water partition coefficient (Wildman–Crippen LogP) is 2.91. The van der Waals surface area contributed by atoms with Crippen LogP contribution >= 0.6 is 0 Å². The molecule has 1 aliphatic heterocycles. The maximum absolute atomic E-state index is 11.9. The fraction of sp³-hybridized carbons (Fsp3) is 0.412. The molecule has 0 saturated carbocycles. The fourth-order valence-corrected chi connectivity index (χ4v) is 3.06. The number of fused-ring (bicyclic) bond motifs is 1. The second-order valence-electron chi connectivity index (χ2n) is 5.47. The molecule has 4 heteroatoms. The van der Waals surface area contributed by atoms with Crippen LogP contribution in [0.2, 0.25) is 0 Å². The lowest BCUT2D eigenvalue weighted by Crippen LogP contribution is -2.33. The van der Waals surface area contributed by atoms with E-state index < -0.39 is 0 Å². The van der Waals surface area contributed by atoms with Crippen molar-refractivity contribution in [2.45, 2.75) is 38.3 Å². The largest absolute Gasteiger partial charge is 0.373 e. The number of carbonyl (C=O) groups is 2. The summed E-state index contributed by atoms with van der Waals surface area (Å²) in [7, 11) is 0. The van der Waals surface area contributed by atoms with Crippen molar-refractivity contribution in [2.24, 2.45) is 0 Å². The van der Waals surface area contributed by atoms with E-state index in [0.29, 0.717) is 13.0 Å². The van der Waals surface area contributed by atoms with Gasteiger partial charge in [0.25, 0.3) is 11.8 Å². The summed E-state index contributed by atoms with van der Waals surface area (Å²) in [6.45, 7) is 2.84. The summed E-state index contributed by atoms with van der Waals surface area (Å²) in [6.07, 6.45) is 5.42. The Hall–Kier alpha value is -1.94. The molecular weight excluding hydrogens is 266 g/mol. The van der Waals surface area contributed by atoms with Gasteiger partial charge in [-0.05, 0) is 17.5 Å². The van der Waals surface area contributed by atoms with E-state index in [1.807, 2.05) is 24.3 Å². The van der Waals surface area contributed by atoms with Crippen LogP contribution in [-0.2, 0) is 14.3 Å². The van der Waals surface area contributed by atoms with Gasteiger partial charge in [0.15, 0.2) is 0 Å². The molecule has 1 heterocycles. The minimum Gasteiger partial charge on any atom is -0.373 e. The lowest BCUT2D eigenvalue weighted by atomic mass is 10.1. The Balaban J connectivity index is 1.84. The number of rotatable bonds is 5. The number of imide groups is 1. The maximum atomic E-state index is 11.9. The van der Waals surface area contributed by atoms with Gasteiger partial charge in [0, 0.05) is 25.2 Å². The molecule has 0 unspecified atom stereocenters. The Bertz CT molecular complexity index is 575. The monoisotopic (exact) mass is 285 g/mol. The Morgan fingerprint density at radius 2 is 1.81 bits per heavy atom. The molecule has 0 radical (unpaired) electrons. The van der Waals surface area contributed by atoms with Crippen LogP contribution < -0.4 is 0 Å². The van der Waals surface area contributed by atoms with Gasteiger partial charge in [-0.25, -0.2) is 0 Å². The number of benzene rings is 1. The van der Waals surface area contributed by atoms with Crippen molar-refractivity contribution < 1.29 is 14.3 Å². The molecule has 0 aromatic heterocycles. The summed E-state index contributed by atoms with van der Waals surface area (Å²) >= 11 is 0. The molecule has 0 saturated heterocycles. The summed E-state index contributed by atoms with van der Waals surface area (Å²) in [4.78, 5) is 25.2. The van der Waals surface area contributed by atoms with Gasteiger partial charge in [-0.1, -0.05) is 37.6 Å². The molecule has 4 nitrogen and oxygen atoms in total. The van der Waals surface area contributed by atoms with Gasteiger partial charge in [0.05, 0.1) is 12.1 Å². The SMILES string of the molecule is CCCCO[C@H]1C[C@H](N2C(=O)C=CC2=O)c2ccccc21. The maximum Gasteiger partial charge on any atom is 0.254 e. The highest BCUT2D eigenvalue weighted by Crippen LogP contribution is 2.44. The number of unbranched alkanes of at least 4 members (excludes halogenated alkanes) is 1. The van der Waals surface area contributed by atoms with Crippen LogP contribution in [0.1, 0.15) is 49.5 Å². The summed E-state index contributed by atoms with van der Waals surface area (Å²) in [5, 5.41) is 0. The average molecular weight is 285 g/mol. The van der Waals surface area contributed by atoms with Gasteiger partial charge in [-0.2, -0.15) is 0 Å². The Labute approximate surface area is 124 Å². The van der Waals surface area contributed by atoms with Crippen LogP contribution in [0.5, 0.6) is 0 Å². The number of amides is 2. The second-order valence-corrected chi connectivity index (χ2v) is 5.47. The van der Waals surface area contributed by atoms with Crippen molar-refractivity contribution in [3.8, 4) is 0 Å². The van der Waals surface area contributed by atoms with Crippen LogP contribution in [0.3, 0.4) is 0 Å². The minimum absolute atomic E-state index is 0.0288. The van der Waals surface area contributed by atoms with Crippen LogP contribution in [0.25, 0.3) is 0 Å². The Kier molecular flexibility index (Phi) is 3.88. The Morgan fingerprint density at radius 3 is 2.48 bits per heavy atom. The Morgan fingerprint density at radius 1 is 1.14 bits per heavy atom. The van der Waals surface area contributed by atoms with E-state index in [1.165, 1.54) is 17.1 Å². The van der Waals surface area contributed by atoms with E-state index in [4.69, 9.17) is 4.74 Å². The zero-order valence-electron chi connectivity index (χ0n) is 12.1. The smallest absolute Gasteiger partial charge is 0.254 e. The summed E-state index contributed by atoms with van der Waals surface area (Å²) in [5.74, 6) is -0.456. The van der Waals surface area contributed by atoms with Crippen LogP contribution in [0.15, 0.2) is 36.4 Å². The van der Waals surface area contributed by atoms with E-state index in [1.54, 1.807) is 0 Å². The average Bonchev–Trinajstić information content (AvgIpc) is 3.01. The highest BCUT2D eigenvalue weighted by Gasteiger charge is 2.40. The molecule has 0 spiro atoms. The molecule has 0 bridgehead atoms. The molecule has 1 aromatic carbocycles. The second kappa shape index (κ2) is 5.82. The van der Waals surface area contributed by atoms with E-state index >= 15 is 0 Å². The molecule has 0 N–H and O–H groups in total. The molecule has 0 fully saturated rings. The van der Waals surface area contributed by atoms with Crippen LogP contribution in [-0.4, -0.2) is 23.3 Å². The summed E-state index contributed by atoms with van der Waals surface area (Å²) in [6, 6.07) is 7.73. The molecule has 2 aliphatic rings. The molecule has 2 amide bonds. The third-order valence-corrected chi connectivity index (χ3v) is 4.11.